The monoisotopic (exact) mass is 365 g/mol. The summed E-state index contributed by atoms with van der Waals surface area (Å²) >= 11 is 0. The zero-order valence-electron chi connectivity index (χ0n) is 16.1. The summed E-state index contributed by atoms with van der Waals surface area (Å²) in [5.74, 6) is 1.36. The van der Waals surface area contributed by atoms with Crippen molar-refractivity contribution in [2.75, 3.05) is 13.1 Å². The van der Waals surface area contributed by atoms with Crippen LogP contribution in [0.2, 0.25) is 0 Å². The minimum absolute atomic E-state index is 0.00589. The Morgan fingerprint density at radius 2 is 1.67 bits per heavy atom. The molecule has 4 rings (SSSR count). The fraction of sp³-hybridized carbons (Fsp3) is 0.455. The lowest BCUT2D eigenvalue weighted by Gasteiger charge is -2.35. The van der Waals surface area contributed by atoms with Crippen LogP contribution in [0, 0.1) is 11.8 Å². The van der Waals surface area contributed by atoms with Crippen LogP contribution in [0.15, 0.2) is 47.4 Å². The van der Waals surface area contributed by atoms with E-state index in [1.807, 2.05) is 56.5 Å². The van der Waals surface area contributed by atoms with E-state index in [0.717, 1.165) is 24.1 Å². The topological polar surface area (TPSA) is 46.7 Å². The second-order valence-electron chi connectivity index (χ2n) is 8.06. The van der Waals surface area contributed by atoms with E-state index in [0.29, 0.717) is 36.7 Å². The van der Waals surface area contributed by atoms with Gasteiger partial charge in [0.1, 0.15) is 5.52 Å². The van der Waals surface area contributed by atoms with Crippen molar-refractivity contribution in [3.05, 3.63) is 52.9 Å². The van der Waals surface area contributed by atoms with Crippen LogP contribution in [0.3, 0.4) is 0 Å². The molecule has 3 heterocycles. The number of hydrogen-bond acceptors (Lipinski definition) is 2. The van der Waals surface area contributed by atoms with Crippen molar-refractivity contribution in [1.82, 2.24) is 13.9 Å². The van der Waals surface area contributed by atoms with Gasteiger partial charge in [0.15, 0.2) is 0 Å². The van der Waals surface area contributed by atoms with Gasteiger partial charge in [0.05, 0.1) is 11.0 Å². The lowest BCUT2D eigenvalue weighted by molar-refractivity contribution is -0.134. The molecule has 0 aliphatic carbocycles. The Morgan fingerprint density at radius 3 is 2.41 bits per heavy atom. The molecule has 0 N–H and O–H groups in total. The minimum atomic E-state index is 0.00589. The number of para-hydroxylation sites is 2. The Morgan fingerprint density at radius 1 is 1.00 bits per heavy atom. The van der Waals surface area contributed by atoms with Crippen molar-refractivity contribution in [2.45, 2.75) is 39.7 Å². The highest BCUT2D eigenvalue weighted by molar-refractivity contribution is 5.79. The van der Waals surface area contributed by atoms with Crippen LogP contribution in [-0.2, 0) is 11.3 Å². The molecule has 0 radical (unpaired) electrons. The predicted molar refractivity (Wildman–Crippen MR) is 108 cm³/mol. The fourth-order valence-corrected chi connectivity index (χ4v) is 4.54. The normalized spacial score (nSPS) is 20.4. The number of aryl methyl sites for hydroxylation is 1. The van der Waals surface area contributed by atoms with E-state index in [1.165, 1.54) is 6.42 Å². The molecule has 1 aliphatic rings. The molecular formula is C22H27N3O2. The van der Waals surface area contributed by atoms with Gasteiger partial charge in [-0.2, -0.15) is 0 Å². The molecule has 0 saturated carbocycles. The third kappa shape index (κ3) is 3.38. The number of carbonyl (C=O) groups is 1. The maximum absolute atomic E-state index is 12.9. The van der Waals surface area contributed by atoms with Crippen LogP contribution in [0.4, 0.5) is 0 Å². The number of benzene rings is 1. The molecule has 1 amide bonds. The van der Waals surface area contributed by atoms with Gasteiger partial charge in [-0.25, -0.2) is 0 Å². The average molecular weight is 365 g/mol. The van der Waals surface area contributed by atoms with Gasteiger partial charge in [-0.3, -0.25) is 9.59 Å². The third-order valence-corrected chi connectivity index (χ3v) is 5.64. The molecule has 1 fully saturated rings. The van der Waals surface area contributed by atoms with Crippen molar-refractivity contribution in [3.63, 3.8) is 0 Å². The number of piperidine rings is 1. The number of carbonyl (C=O) groups excluding carboxylic acids is 1. The second kappa shape index (κ2) is 7.22. The van der Waals surface area contributed by atoms with Crippen LogP contribution in [0.25, 0.3) is 16.6 Å². The average Bonchev–Trinajstić information content (AvgIpc) is 3.14. The molecule has 2 aromatic heterocycles. The summed E-state index contributed by atoms with van der Waals surface area (Å²) in [7, 11) is 0. The number of amides is 1. The van der Waals surface area contributed by atoms with Gasteiger partial charge >= 0.3 is 0 Å². The third-order valence-electron chi connectivity index (χ3n) is 5.64. The number of rotatable bonds is 4. The summed E-state index contributed by atoms with van der Waals surface area (Å²) in [5.41, 5.74) is 2.62. The molecule has 142 valence electrons. The summed E-state index contributed by atoms with van der Waals surface area (Å²) in [6, 6.07) is 11.7. The van der Waals surface area contributed by atoms with Crippen LogP contribution in [-0.4, -0.2) is 32.9 Å². The summed E-state index contributed by atoms with van der Waals surface area (Å²) < 4.78 is 3.76. The second-order valence-corrected chi connectivity index (χ2v) is 8.06. The molecule has 1 aromatic carbocycles. The van der Waals surface area contributed by atoms with Gasteiger partial charge in [-0.1, -0.05) is 26.0 Å². The summed E-state index contributed by atoms with van der Waals surface area (Å²) in [4.78, 5) is 27.6. The Balaban J connectivity index is 1.53. The quantitative estimate of drug-likeness (QED) is 0.710. The van der Waals surface area contributed by atoms with Crippen molar-refractivity contribution in [3.8, 4) is 0 Å². The fourth-order valence-electron chi connectivity index (χ4n) is 4.54. The zero-order chi connectivity index (χ0) is 19.0. The number of aromatic nitrogens is 2. The van der Waals surface area contributed by atoms with Gasteiger partial charge in [0.2, 0.25) is 5.91 Å². The Kier molecular flexibility index (Phi) is 4.77. The van der Waals surface area contributed by atoms with Gasteiger partial charge in [-0.15, -0.1) is 0 Å². The number of nitrogens with zero attached hydrogens (tertiary/aromatic N) is 3. The molecular weight excluding hydrogens is 338 g/mol. The first-order valence-corrected chi connectivity index (χ1v) is 9.91. The van der Waals surface area contributed by atoms with Gasteiger partial charge in [0.25, 0.3) is 5.56 Å². The van der Waals surface area contributed by atoms with Gasteiger partial charge in [0, 0.05) is 32.3 Å². The molecule has 1 saturated heterocycles. The molecule has 5 heteroatoms. The molecule has 0 spiro atoms. The SMILES string of the molecule is C[C@H]1C[C@H](C)CN(C(=O)CCCn2c(=O)c3cccn3c3ccccc32)C1. The summed E-state index contributed by atoms with van der Waals surface area (Å²) in [5, 5.41) is 0. The largest absolute Gasteiger partial charge is 0.342 e. The van der Waals surface area contributed by atoms with Gasteiger partial charge in [-0.05, 0) is 48.9 Å². The van der Waals surface area contributed by atoms with Crippen LogP contribution in [0.5, 0.6) is 0 Å². The predicted octanol–water partition coefficient (Wildman–Crippen LogP) is 3.54. The smallest absolute Gasteiger partial charge is 0.275 e. The number of hydrogen-bond donors (Lipinski definition) is 0. The molecule has 1 aliphatic heterocycles. The molecule has 27 heavy (non-hydrogen) atoms. The van der Waals surface area contributed by atoms with Crippen LogP contribution in [0.1, 0.15) is 33.1 Å². The maximum atomic E-state index is 12.9. The number of fused-ring (bicyclic) bond motifs is 3. The molecule has 0 bridgehead atoms. The molecule has 5 nitrogen and oxygen atoms in total. The van der Waals surface area contributed by atoms with Crippen molar-refractivity contribution < 1.29 is 4.79 Å². The van der Waals surface area contributed by atoms with Crippen molar-refractivity contribution in [2.24, 2.45) is 11.8 Å². The van der Waals surface area contributed by atoms with E-state index in [-0.39, 0.29) is 11.5 Å². The highest BCUT2D eigenvalue weighted by Gasteiger charge is 2.25. The van der Waals surface area contributed by atoms with E-state index in [2.05, 4.69) is 13.8 Å². The van der Waals surface area contributed by atoms with E-state index >= 15 is 0 Å². The highest BCUT2D eigenvalue weighted by atomic mass is 16.2. The van der Waals surface area contributed by atoms with Crippen LogP contribution < -0.4 is 5.56 Å². The Hall–Kier alpha value is -2.56. The highest BCUT2D eigenvalue weighted by Crippen LogP contribution is 2.22. The van der Waals surface area contributed by atoms with E-state index < -0.39 is 0 Å². The maximum Gasteiger partial charge on any atom is 0.275 e. The zero-order valence-corrected chi connectivity index (χ0v) is 16.1. The summed E-state index contributed by atoms with van der Waals surface area (Å²) in [6.45, 7) is 6.72. The van der Waals surface area contributed by atoms with Crippen LogP contribution >= 0.6 is 0 Å². The molecule has 3 aromatic rings. The van der Waals surface area contributed by atoms with Crippen molar-refractivity contribution >= 4 is 22.5 Å². The first-order valence-electron chi connectivity index (χ1n) is 9.91. The standard InChI is InChI=1S/C22H27N3O2/c1-16-13-17(2)15-23(14-16)21(26)10-6-12-25-19-8-4-3-7-18(19)24-11-5-9-20(24)22(25)27/h3-5,7-9,11,16-17H,6,10,12-15H2,1-2H3/t16-,17-/m0/s1. The minimum Gasteiger partial charge on any atom is -0.342 e. The summed E-state index contributed by atoms with van der Waals surface area (Å²) in [6.07, 6.45) is 4.29. The van der Waals surface area contributed by atoms with Crippen molar-refractivity contribution in [1.29, 1.82) is 0 Å². The van der Waals surface area contributed by atoms with E-state index in [1.54, 1.807) is 0 Å². The lowest BCUT2D eigenvalue weighted by atomic mass is 9.91. The van der Waals surface area contributed by atoms with E-state index in [4.69, 9.17) is 0 Å². The Bertz CT molecular complexity index is 1020. The number of likely N-dealkylation sites (tertiary alicyclic amines) is 1. The molecule has 2 atom stereocenters. The van der Waals surface area contributed by atoms with E-state index in [9.17, 15) is 9.59 Å². The van der Waals surface area contributed by atoms with Gasteiger partial charge < -0.3 is 13.9 Å². The first-order chi connectivity index (χ1) is 13.0. The first kappa shape index (κ1) is 17.8. The Labute approximate surface area is 159 Å². The lowest BCUT2D eigenvalue weighted by Crippen LogP contribution is -2.42. The molecule has 0 unspecified atom stereocenters.